The van der Waals surface area contributed by atoms with Gasteiger partial charge in [-0.15, -0.1) is 0 Å². The first-order valence-electron chi connectivity index (χ1n) is 5.59. The van der Waals surface area contributed by atoms with Crippen molar-refractivity contribution in [3.8, 4) is 0 Å². The van der Waals surface area contributed by atoms with Crippen molar-refractivity contribution in [2.75, 3.05) is 0 Å². The highest BCUT2D eigenvalue weighted by atomic mass is 16.5. The van der Waals surface area contributed by atoms with Crippen molar-refractivity contribution >= 4 is 0 Å². The Morgan fingerprint density at radius 3 is 2.64 bits per heavy atom. The molecular formula is C12H18O2. The van der Waals surface area contributed by atoms with Crippen LogP contribution in [-0.2, 0) is 11.3 Å². The van der Waals surface area contributed by atoms with Crippen molar-refractivity contribution in [2.24, 2.45) is 0 Å². The zero-order valence-electron chi connectivity index (χ0n) is 8.58. The van der Waals surface area contributed by atoms with Gasteiger partial charge in [-0.3, -0.25) is 0 Å². The fourth-order valence-corrected chi connectivity index (χ4v) is 2.00. The van der Waals surface area contributed by atoms with E-state index < -0.39 is 0 Å². The zero-order valence-corrected chi connectivity index (χ0v) is 8.58. The van der Waals surface area contributed by atoms with Gasteiger partial charge in [0.1, 0.15) is 12.4 Å². The Morgan fingerprint density at radius 2 is 2.00 bits per heavy atom. The van der Waals surface area contributed by atoms with Crippen LogP contribution in [0.25, 0.3) is 0 Å². The van der Waals surface area contributed by atoms with E-state index >= 15 is 0 Å². The smallest absolute Gasteiger partial charge is 0.129 e. The molecule has 14 heavy (non-hydrogen) atoms. The molecule has 0 radical (unpaired) electrons. The average Bonchev–Trinajstić information content (AvgIpc) is 2.58. The molecule has 2 heteroatoms. The zero-order chi connectivity index (χ0) is 9.64. The van der Waals surface area contributed by atoms with E-state index in [1.807, 2.05) is 12.1 Å². The molecule has 0 N–H and O–H groups in total. The summed E-state index contributed by atoms with van der Waals surface area (Å²) >= 11 is 0. The summed E-state index contributed by atoms with van der Waals surface area (Å²) in [6.07, 6.45) is 10.0. The molecule has 0 bridgehead atoms. The standard InChI is InChI=1S/C12H18O2/c1-2-4-7-11(6-3-1)14-10-12-8-5-9-13-12/h5,8-9,11H,1-4,6-7,10H2. The molecule has 2 rings (SSSR count). The number of rotatable bonds is 3. The number of ether oxygens (including phenoxy) is 1. The van der Waals surface area contributed by atoms with Crippen LogP contribution in [0.15, 0.2) is 22.8 Å². The summed E-state index contributed by atoms with van der Waals surface area (Å²) in [6, 6.07) is 3.88. The molecule has 0 amide bonds. The molecule has 0 atom stereocenters. The molecule has 0 aliphatic heterocycles. The van der Waals surface area contributed by atoms with E-state index in [9.17, 15) is 0 Å². The molecule has 1 heterocycles. The van der Waals surface area contributed by atoms with Crippen LogP contribution in [0.2, 0.25) is 0 Å². The van der Waals surface area contributed by atoms with Gasteiger partial charge in [-0.05, 0) is 25.0 Å². The second kappa shape index (κ2) is 5.20. The number of hydrogen-bond acceptors (Lipinski definition) is 2. The molecule has 0 saturated heterocycles. The summed E-state index contributed by atoms with van der Waals surface area (Å²) in [7, 11) is 0. The Hall–Kier alpha value is -0.760. The van der Waals surface area contributed by atoms with E-state index in [-0.39, 0.29) is 0 Å². The van der Waals surface area contributed by atoms with Gasteiger partial charge >= 0.3 is 0 Å². The number of furan rings is 1. The van der Waals surface area contributed by atoms with Crippen molar-refractivity contribution in [3.05, 3.63) is 24.2 Å². The molecular weight excluding hydrogens is 176 g/mol. The maximum absolute atomic E-state index is 5.81. The lowest BCUT2D eigenvalue weighted by atomic mass is 10.1. The first-order chi connectivity index (χ1) is 6.95. The van der Waals surface area contributed by atoms with Gasteiger partial charge in [0.2, 0.25) is 0 Å². The van der Waals surface area contributed by atoms with Gasteiger partial charge in [0.05, 0.1) is 12.4 Å². The van der Waals surface area contributed by atoms with E-state index in [0.717, 1.165) is 5.76 Å². The highest BCUT2D eigenvalue weighted by Gasteiger charge is 2.12. The first kappa shape index (κ1) is 9.78. The molecule has 1 aromatic rings. The van der Waals surface area contributed by atoms with Crippen LogP contribution < -0.4 is 0 Å². The summed E-state index contributed by atoms with van der Waals surface area (Å²) in [5.41, 5.74) is 0. The van der Waals surface area contributed by atoms with E-state index in [2.05, 4.69) is 0 Å². The Kier molecular flexibility index (Phi) is 3.64. The van der Waals surface area contributed by atoms with E-state index in [1.165, 1.54) is 38.5 Å². The lowest BCUT2D eigenvalue weighted by Crippen LogP contribution is -2.10. The molecule has 1 saturated carbocycles. The fraction of sp³-hybridized carbons (Fsp3) is 0.667. The van der Waals surface area contributed by atoms with Gasteiger partial charge in [-0.2, -0.15) is 0 Å². The van der Waals surface area contributed by atoms with E-state index in [1.54, 1.807) is 6.26 Å². The second-order valence-electron chi connectivity index (χ2n) is 4.00. The molecule has 1 aliphatic carbocycles. The third-order valence-corrected chi connectivity index (χ3v) is 2.84. The number of hydrogen-bond donors (Lipinski definition) is 0. The SMILES string of the molecule is c1coc(COC2CCCCCC2)c1. The third-order valence-electron chi connectivity index (χ3n) is 2.84. The maximum Gasteiger partial charge on any atom is 0.129 e. The molecule has 1 aromatic heterocycles. The van der Waals surface area contributed by atoms with Crippen molar-refractivity contribution in [1.82, 2.24) is 0 Å². The highest BCUT2D eigenvalue weighted by Crippen LogP contribution is 2.20. The largest absolute Gasteiger partial charge is 0.467 e. The van der Waals surface area contributed by atoms with Gasteiger partial charge in [0.25, 0.3) is 0 Å². The van der Waals surface area contributed by atoms with Crippen LogP contribution in [0.1, 0.15) is 44.3 Å². The molecule has 78 valence electrons. The third kappa shape index (κ3) is 2.88. The average molecular weight is 194 g/mol. The molecule has 1 fully saturated rings. The molecule has 2 nitrogen and oxygen atoms in total. The van der Waals surface area contributed by atoms with Crippen LogP contribution in [0.4, 0.5) is 0 Å². The summed E-state index contributed by atoms with van der Waals surface area (Å²) < 4.78 is 11.0. The van der Waals surface area contributed by atoms with Crippen molar-refractivity contribution in [2.45, 2.75) is 51.2 Å². The minimum atomic E-state index is 0.461. The first-order valence-corrected chi connectivity index (χ1v) is 5.59. The Bertz CT molecular complexity index is 233. The lowest BCUT2D eigenvalue weighted by Gasteiger charge is -2.13. The van der Waals surface area contributed by atoms with Crippen molar-refractivity contribution in [1.29, 1.82) is 0 Å². The highest BCUT2D eigenvalue weighted by molar-refractivity contribution is 4.96. The van der Waals surface area contributed by atoms with Crippen LogP contribution >= 0.6 is 0 Å². The minimum Gasteiger partial charge on any atom is -0.467 e. The fourth-order valence-electron chi connectivity index (χ4n) is 2.00. The van der Waals surface area contributed by atoms with Crippen molar-refractivity contribution < 1.29 is 9.15 Å². The normalized spacial score (nSPS) is 19.4. The van der Waals surface area contributed by atoms with Crippen LogP contribution in [0.3, 0.4) is 0 Å². The van der Waals surface area contributed by atoms with E-state index in [4.69, 9.17) is 9.15 Å². The van der Waals surface area contributed by atoms with Gasteiger partial charge in [-0.1, -0.05) is 25.7 Å². The second-order valence-corrected chi connectivity index (χ2v) is 4.00. The minimum absolute atomic E-state index is 0.461. The van der Waals surface area contributed by atoms with Crippen molar-refractivity contribution in [3.63, 3.8) is 0 Å². The van der Waals surface area contributed by atoms with Gasteiger partial charge in [0.15, 0.2) is 0 Å². The molecule has 0 unspecified atom stereocenters. The van der Waals surface area contributed by atoms with Gasteiger partial charge in [-0.25, -0.2) is 0 Å². The molecule has 0 aromatic carbocycles. The van der Waals surface area contributed by atoms with Gasteiger partial charge < -0.3 is 9.15 Å². The Balaban J connectivity index is 1.73. The van der Waals surface area contributed by atoms with Crippen LogP contribution in [0.5, 0.6) is 0 Å². The summed E-state index contributed by atoms with van der Waals surface area (Å²) in [6.45, 7) is 0.637. The van der Waals surface area contributed by atoms with E-state index in [0.29, 0.717) is 12.7 Å². The van der Waals surface area contributed by atoms with Gasteiger partial charge in [0, 0.05) is 0 Å². The predicted octanol–water partition coefficient (Wildman–Crippen LogP) is 3.52. The Labute approximate surface area is 85.3 Å². The molecule has 1 aliphatic rings. The van der Waals surface area contributed by atoms with Crippen LogP contribution in [-0.4, -0.2) is 6.10 Å². The Morgan fingerprint density at radius 1 is 1.21 bits per heavy atom. The lowest BCUT2D eigenvalue weighted by molar-refractivity contribution is 0.0220. The van der Waals surface area contributed by atoms with Crippen LogP contribution in [0, 0.1) is 0 Å². The topological polar surface area (TPSA) is 22.4 Å². The predicted molar refractivity (Wildman–Crippen MR) is 55.0 cm³/mol. The quantitative estimate of drug-likeness (QED) is 0.687. The maximum atomic E-state index is 5.81. The summed E-state index contributed by atoms with van der Waals surface area (Å²) in [4.78, 5) is 0. The summed E-state index contributed by atoms with van der Waals surface area (Å²) in [5.74, 6) is 0.939. The molecule has 0 spiro atoms. The monoisotopic (exact) mass is 194 g/mol. The summed E-state index contributed by atoms with van der Waals surface area (Å²) in [5, 5.41) is 0.